The topological polar surface area (TPSA) is 12.0 Å². The molecule has 1 N–H and O–H groups in total. The molecule has 1 saturated heterocycles. The Morgan fingerprint density at radius 1 is 1.31 bits per heavy atom. The third kappa shape index (κ3) is 2.22. The maximum Gasteiger partial charge on any atom is -0.00431 e. The van der Waals surface area contributed by atoms with Gasteiger partial charge in [-0.15, -0.1) is 0 Å². The van der Waals surface area contributed by atoms with Crippen LogP contribution in [0.15, 0.2) is 23.8 Å². The average Bonchev–Trinajstić information content (AvgIpc) is 2.20. The minimum atomic E-state index is 0.755. The van der Waals surface area contributed by atoms with Gasteiger partial charge in [-0.2, -0.15) is 0 Å². The van der Waals surface area contributed by atoms with Gasteiger partial charge in [0.05, 0.1) is 0 Å². The van der Waals surface area contributed by atoms with Crippen molar-refractivity contribution < 1.29 is 0 Å². The summed E-state index contributed by atoms with van der Waals surface area (Å²) in [4.78, 5) is 0. The number of nitrogens with one attached hydrogen (secondary N) is 1. The molecule has 0 aromatic carbocycles. The first-order chi connectivity index (χ1) is 6.36. The molecule has 1 fully saturated rings. The van der Waals surface area contributed by atoms with Crippen LogP contribution in [0.3, 0.4) is 0 Å². The Hall–Kier alpha value is -0.560. The average molecular weight is 177 g/mol. The van der Waals surface area contributed by atoms with E-state index in [1.807, 2.05) is 0 Å². The Morgan fingerprint density at radius 2 is 2.08 bits per heavy atom. The summed E-state index contributed by atoms with van der Waals surface area (Å²) in [6, 6.07) is 0. The summed E-state index contributed by atoms with van der Waals surface area (Å²) in [6.45, 7) is 4.68. The summed E-state index contributed by atoms with van der Waals surface area (Å²) in [5.41, 5.74) is 1.60. The molecule has 1 aliphatic heterocycles. The van der Waals surface area contributed by atoms with Gasteiger partial charge >= 0.3 is 0 Å². The lowest BCUT2D eigenvalue weighted by Crippen LogP contribution is -2.28. The molecule has 0 spiro atoms. The van der Waals surface area contributed by atoms with Crippen molar-refractivity contribution in [1.82, 2.24) is 5.32 Å². The Morgan fingerprint density at radius 3 is 2.69 bits per heavy atom. The number of rotatable bonds is 1. The molecular weight excluding hydrogens is 158 g/mol. The zero-order valence-corrected chi connectivity index (χ0v) is 8.42. The van der Waals surface area contributed by atoms with Gasteiger partial charge in [-0.25, -0.2) is 0 Å². The third-order valence-corrected chi connectivity index (χ3v) is 3.15. The molecule has 0 amide bonds. The van der Waals surface area contributed by atoms with Crippen molar-refractivity contribution in [3.05, 3.63) is 23.8 Å². The molecule has 0 aromatic rings. The van der Waals surface area contributed by atoms with E-state index in [-0.39, 0.29) is 0 Å². The van der Waals surface area contributed by atoms with Crippen molar-refractivity contribution in [2.45, 2.75) is 26.2 Å². The maximum absolute atomic E-state index is 3.41. The van der Waals surface area contributed by atoms with Crippen LogP contribution in [0.25, 0.3) is 0 Å². The van der Waals surface area contributed by atoms with Gasteiger partial charge in [0.25, 0.3) is 0 Å². The summed E-state index contributed by atoms with van der Waals surface area (Å²) in [6.07, 6.45) is 11.0. The number of piperidine rings is 1. The van der Waals surface area contributed by atoms with Gasteiger partial charge in [-0.3, -0.25) is 0 Å². The molecule has 1 unspecified atom stereocenters. The van der Waals surface area contributed by atoms with E-state index in [1.54, 1.807) is 5.57 Å². The first-order valence-corrected chi connectivity index (χ1v) is 5.45. The predicted molar refractivity (Wildman–Crippen MR) is 56.6 cm³/mol. The zero-order chi connectivity index (χ0) is 9.10. The summed E-state index contributed by atoms with van der Waals surface area (Å²) in [7, 11) is 0. The van der Waals surface area contributed by atoms with Gasteiger partial charge in [-0.05, 0) is 49.8 Å². The van der Waals surface area contributed by atoms with E-state index in [0.717, 1.165) is 11.8 Å². The van der Waals surface area contributed by atoms with E-state index >= 15 is 0 Å². The number of hydrogen-bond acceptors (Lipinski definition) is 1. The lowest BCUT2D eigenvalue weighted by Gasteiger charge is -2.25. The van der Waals surface area contributed by atoms with Gasteiger partial charge in [0, 0.05) is 0 Å². The van der Waals surface area contributed by atoms with E-state index in [4.69, 9.17) is 0 Å². The number of allylic oxidation sites excluding steroid dienone is 4. The predicted octanol–water partition coefficient (Wildman–Crippen LogP) is 2.51. The second-order valence-corrected chi connectivity index (χ2v) is 4.30. The highest BCUT2D eigenvalue weighted by molar-refractivity contribution is 5.26. The molecule has 72 valence electrons. The van der Waals surface area contributed by atoms with Crippen LogP contribution in [0.4, 0.5) is 0 Å². The smallest absolute Gasteiger partial charge is 0.00431 e. The van der Waals surface area contributed by atoms with Gasteiger partial charge in [0.2, 0.25) is 0 Å². The minimum absolute atomic E-state index is 0.755. The van der Waals surface area contributed by atoms with E-state index in [1.165, 1.54) is 32.4 Å². The molecule has 1 heterocycles. The lowest BCUT2D eigenvalue weighted by molar-refractivity contribution is 0.422. The highest BCUT2D eigenvalue weighted by atomic mass is 14.9. The highest BCUT2D eigenvalue weighted by Gasteiger charge is 2.17. The fourth-order valence-electron chi connectivity index (χ4n) is 2.20. The first-order valence-electron chi connectivity index (χ1n) is 5.45. The fourth-order valence-corrected chi connectivity index (χ4v) is 2.20. The van der Waals surface area contributed by atoms with Crippen molar-refractivity contribution in [3.8, 4) is 0 Å². The molecule has 2 aliphatic rings. The molecule has 0 radical (unpaired) electrons. The second-order valence-electron chi connectivity index (χ2n) is 4.30. The third-order valence-electron chi connectivity index (χ3n) is 3.15. The molecule has 13 heavy (non-hydrogen) atoms. The van der Waals surface area contributed by atoms with E-state index in [0.29, 0.717) is 0 Å². The summed E-state index contributed by atoms with van der Waals surface area (Å²) >= 11 is 0. The molecule has 0 aromatic heterocycles. The number of hydrogen-bond donors (Lipinski definition) is 1. The molecule has 1 heteroatoms. The fraction of sp³-hybridized carbons (Fsp3) is 0.667. The van der Waals surface area contributed by atoms with Crippen LogP contribution in [0, 0.1) is 11.8 Å². The molecule has 1 nitrogen and oxygen atoms in total. The molecule has 0 saturated carbocycles. The van der Waals surface area contributed by atoms with Crippen molar-refractivity contribution in [2.75, 3.05) is 13.1 Å². The Bertz CT molecular complexity index is 221. The van der Waals surface area contributed by atoms with Gasteiger partial charge < -0.3 is 5.32 Å². The zero-order valence-electron chi connectivity index (χ0n) is 8.42. The molecule has 2 rings (SSSR count). The van der Waals surface area contributed by atoms with Crippen LogP contribution < -0.4 is 5.32 Å². The molecular formula is C12H19N. The van der Waals surface area contributed by atoms with E-state index in [9.17, 15) is 0 Å². The molecule has 1 atom stereocenters. The SMILES string of the molecule is CC1C=CC(C2CCNCC2)=CC1. The van der Waals surface area contributed by atoms with Crippen LogP contribution in [0.2, 0.25) is 0 Å². The molecule has 1 aliphatic carbocycles. The van der Waals surface area contributed by atoms with Gasteiger partial charge in [0.1, 0.15) is 0 Å². The maximum atomic E-state index is 3.41. The lowest BCUT2D eigenvalue weighted by atomic mass is 9.85. The van der Waals surface area contributed by atoms with Crippen molar-refractivity contribution in [2.24, 2.45) is 11.8 Å². The Kier molecular flexibility index (Phi) is 2.84. The minimum Gasteiger partial charge on any atom is -0.317 e. The Labute approximate surface area is 80.9 Å². The quantitative estimate of drug-likeness (QED) is 0.649. The van der Waals surface area contributed by atoms with Gasteiger partial charge in [-0.1, -0.05) is 25.2 Å². The molecule has 0 bridgehead atoms. The highest BCUT2D eigenvalue weighted by Crippen LogP contribution is 2.27. The van der Waals surface area contributed by atoms with Crippen molar-refractivity contribution in [3.63, 3.8) is 0 Å². The van der Waals surface area contributed by atoms with Crippen LogP contribution in [0.5, 0.6) is 0 Å². The second kappa shape index (κ2) is 4.10. The van der Waals surface area contributed by atoms with Crippen LogP contribution in [-0.4, -0.2) is 13.1 Å². The Balaban J connectivity index is 1.96. The van der Waals surface area contributed by atoms with E-state index < -0.39 is 0 Å². The summed E-state index contributed by atoms with van der Waals surface area (Å²) < 4.78 is 0. The van der Waals surface area contributed by atoms with Crippen LogP contribution >= 0.6 is 0 Å². The van der Waals surface area contributed by atoms with Crippen LogP contribution in [-0.2, 0) is 0 Å². The van der Waals surface area contributed by atoms with Crippen molar-refractivity contribution in [1.29, 1.82) is 0 Å². The first kappa shape index (κ1) is 9.01. The van der Waals surface area contributed by atoms with Crippen molar-refractivity contribution >= 4 is 0 Å². The van der Waals surface area contributed by atoms with E-state index in [2.05, 4.69) is 30.5 Å². The van der Waals surface area contributed by atoms with Gasteiger partial charge in [0.15, 0.2) is 0 Å². The standard InChI is InChI=1S/C12H19N/c1-10-2-4-11(5-3-10)12-6-8-13-9-7-12/h2,4-5,10,12-13H,3,6-9H2,1H3. The normalized spacial score (nSPS) is 30.2. The monoisotopic (exact) mass is 177 g/mol. The van der Waals surface area contributed by atoms with Crippen LogP contribution in [0.1, 0.15) is 26.2 Å². The summed E-state index contributed by atoms with van der Waals surface area (Å²) in [5.74, 6) is 1.59. The largest absolute Gasteiger partial charge is 0.317 e. The summed E-state index contributed by atoms with van der Waals surface area (Å²) in [5, 5.41) is 3.41.